The van der Waals surface area contributed by atoms with Gasteiger partial charge < -0.3 is 44.9 Å². The highest BCUT2D eigenvalue weighted by Gasteiger charge is 2.15. The van der Waals surface area contributed by atoms with E-state index in [1.165, 1.54) is 24.3 Å². The number of nitrogens with one attached hydrogen (secondary N) is 1. The smallest absolute Gasteiger partial charge is 0.481 e. The SMILES string of the molecule is C[C@@H](CCCCC(=O)OCc1ccc(N=[N+]=[N-])cc1)C(=O)O.C[C@@H](CCCN)C(=O)O.C[C@@H](CCCNC(=O)OCc1ccc(N=[N+]=[N-])cc1)C(=O)OCC#N.[N-]=[N+]=Nc1ccc(COC(=O)Oc2ccc([N+](=O)[O-])cc2)cc1. The quantitative estimate of drug-likeness (QED) is 0.00496. The molecule has 0 fully saturated rings. The molecule has 0 aliphatic heterocycles. The Balaban J connectivity index is 0.000000550. The maximum absolute atomic E-state index is 11.6. The second-order valence-corrected chi connectivity index (χ2v) is 16.6. The van der Waals surface area contributed by atoms with Crippen molar-refractivity contribution >= 4 is 58.9 Å². The number of carbonyl (C=O) groups is 6. The Bertz CT molecular complexity index is 2740. The number of nitriles is 1. The van der Waals surface area contributed by atoms with Crippen molar-refractivity contribution in [1.29, 1.82) is 5.26 Å². The Morgan fingerprint density at radius 3 is 1.52 bits per heavy atom. The zero-order valence-corrected chi connectivity index (χ0v) is 43.6. The minimum absolute atomic E-state index is 0.0254. The van der Waals surface area contributed by atoms with Crippen molar-refractivity contribution in [1.82, 2.24) is 5.32 Å². The van der Waals surface area contributed by atoms with Crippen LogP contribution in [0.3, 0.4) is 0 Å². The first-order valence-corrected chi connectivity index (χ1v) is 24.1. The summed E-state index contributed by atoms with van der Waals surface area (Å²) >= 11 is 0. The minimum Gasteiger partial charge on any atom is -0.481 e. The molecule has 79 heavy (non-hydrogen) atoms. The number of nitro groups is 1. The molecule has 5 N–H and O–H groups in total. The molecule has 28 heteroatoms. The lowest BCUT2D eigenvalue weighted by molar-refractivity contribution is -0.384. The van der Waals surface area contributed by atoms with Crippen LogP contribution in [0.25, 0.3) is 31.3 Å². The van der Waals surface area contributed by atoms with Crippen molar-refractivity contribution in [2.45, 2.75) is 92.0 Å². The van der Waals surface area contributed by atoms with E-state index in [-0.39, 0.29) is 68.0 Å². The summed E-state index contributed by atoms with van der Waals surface area (Å²) in [4.78, 5) is 84.9. The van der Waals surface area contributed by atoms with Crippen LogP contribution in [0.1, 0.15) is 88.8 Å². The van der Waals surface area contributed by atoms with E-state index in [9.17, 15) is 38.9 Å². The van der Waals surface area contributed by atoms with Crippen molar-refractivity contribution in [3.8, 4) is 11.8 Å². The second-order valence-electron chi connectivity index (χ2n) is 16.6. The average Bonchev–Trinajstić information content (AvgIpc) is 3.44. The predicted octanol–water partition coefficient (Wildman–Crippen LogP) is 12.0. The Kier molecular flexibility index (Phi) is 34.3. The molecule has 1 amide bonds. The van der Waals surface area contributed by atoms with Gasteiger partial charge in [-0.2, -0.15) is 5.26 Å². The van der Waals surface area contributed by atoms with E-state index in [0.29, 0.717) is 74.2 Å². The van der Waals surface area contributed by atoms with Crippen LogP contribution in [0.15, 0.2) is 112 Å². The van der Waals surface area contributed by atoms with Crippen molar-refractivity contribution in [3.05, 3.63) is 155 Å². The van der Waals surface area contributed by atoms with Gasteiger partial charge in [0.25, 0.3) is 5.69 Å². The summed E-state index contributed by atoms with van der Waals surface area (Å²) in [6.07, 6.45) is 3.25. The topological polar surface area (TPSA) is 440 Å². The normalized spacial score (nSPS) is 10.8. The van der Waals surface area contributed by atoms with E-state index in [4.69, 9.17) is 61.5 Å². The lowest BCUT2D eigenvalue weighted by Crippen LogP contribution is -2.26. The first-order valence-electron chi connectivity index (χ1n) is 24.1. The number of non-ortho nitro benzene ring substituents is 1. The number of benzene rings is 4. The summed E-state index contributed by atoms with van der Waals surface area (Å²) in [7, 11) is 0. The van der Waals surface area contributed by atoms with Gasteiger partial charge in [-0.1, -0.05) is 115 Å². The Labute approximate surface area is 453 Å². The maximum atomic E-state index is 11.6. The molecule has 4 aromatic carbocycles. The lowest BCUT2D eigenvalue weighted by Gasteiger charge is -2.10. The van der Waals surface area contributed by atoms with Gasteiger partial charge in [-0.05, 0) is 90.5 Å². The van der Waals surface area contributed by atoms with E-state index in [1.807, 2.05) is 0 Å². The van der Waals surface area contributed by atoms with Gasteiger partial charge in [0.2, 0.25) is 0 Å². The van der Waals surface area contributed by atoms with Crippen LogP contribution in [0.4, 0.5) is 32.3 Å². The van der Waals surface area contributed by atoms with Gasteiger partial charge in [-0.25, -0.2) is 9.59 Å². The van der Waals surface area contributed by atoms with Crippen LogP contribution in [0.5, 0.6) is 5.75 Å². The van der Waals surface area contributed by atoms with Crippen LogP contribution >= 0.6 is 0 Å². The van der Waals surface area contributed by atoms with Gasteiger partial charge >= 0.3 is 36.1 Å². The third kappa shape index (κ3) is 32.2. The highest BCUT2D eigenvalue weighted by molar-refractivity contribution is 5.72. The number of azide groups is 3. The molecule has 0 aromatic heterocycles. The fraction of sp³-hybridized carbons (Fsp3) is 0.392. The van der Waals surface area contributed by atoms with Crippen molar-refractivity contribution in [2.24, 2.45) is 38.8 Å². The molecule has 0 aliphatic carbocycles. The van der Waals surface area contributed by atoms with Gasteiger partial charge in [0.1, 0.15) is 31.6 Å². The first kappa shape index (κ1) is 67.1. The molecule has 4 rings (SSSR count). The number of rotatable bonds is 27. The summed E-state index contributed by atoms with van der Waals surface area (Å²) in [6, 6.07) is 26.6. The molecular formula is C51H61N13O15. The molecule has 0 saturated heterocycles. The highest BCUT2D eigenvalue weighted by Crippen LogP contribution is 2.20. The number of hydrogen-bond donors (Lipinski definition) is 4. The van der Waals surface area contributed by atoms with Gasteiger partial charge in [-0.15, -0.1) is 0 Å². The predicted molar refractivity (Wildman–Crippen MR) is 283 cm³/mol. The van der Waals surface area contributed by atoms with E-state index >= 15 is 0 Å². The Hall–Kier alpha value is -9.92. The van der Waals surface area contributed by atoms with E-state index in [2.05, 4.69) is 35.4 Å². The highest BCUT2D eigenvalue weighted by atomic mass is 16.7. The van der Waals surface area contributed by atoms with E-state index < -0.39 is 35.1 Å². The molecule has 0 saturated carbocycles. The van der Waals surface area contributed by atoms with Crippen LogP contribution in [-0.2, 0) is 57.9 Å². The number of esters is 2. The number of alkyl carbamates (subject to hydrolysis) is 1. The molecule has 0 radical (unpaired) electrons. The van der Waals surface area contributed by atoms with Gasteiger partial charge in [0.15, 0.2) is 6.61 Å². The minimum atomic E-state index is -0.932. The average molecular weight is 1100 g/mol. The van der Waals surface area contributed by atoms with Gasteiger partial charge in [-0.3, -0.25) is 29.3 Å². The summed E-state index contributed by atoms with van der Waals surface area (Å²) in [5.41, 5.74) is 33.7. The fourth-order valence-electron chi connectivity index (χ4n) is 5.82. The molecule has 4 aromatic rings. The van der Waals surface area contributed by atoms with Crippen LogP contribution in [-0.4, -0.2) is 71.0 Å². The van der Waals surface area contributed by atoms with E-state index in [0.717, 1.165) is 17.5 Å². The summed E-state index contributed by atoms with van der Waals surface area (Å²) in [5.74, 6) is -3.09. The number of amides is 1. The fourth-order valence-corrected chi connectivity index (χ4v) is 5.82. The molecule has 28 nitrogen and oxygen atoms in total. The number of carboxylic acid groups (broad SMARTS) is 2. The van der Waals surface area contributed by atoms with Gasteiger partial charge in [0.05, 0.1) is 22.7 Å². The summed E-state index contributed by atoms with van der Waals surface area (Å²) in [6.45, 7) is 5.99. The Morgan fingerprint density at radius 1 is 0.646 bits per heavy atom. The zero-order valence-electron chi connectivity index (χ0n) is 43.6. The molecule has 420 valence electrons. The first-order chi connectivity index (χ1) is 37.8. The number of carbonyl (C=O) groups excluding carboxylic acids is 4. The number of nitro benzene ring substituents is 1. The van der Waals surface area contributed by atoms with Gasteiger partial charge in [0, 0.05) is 56.9 Å². The third-order valence-electron chi connectivity index (χ3n) is 10.4. The molecule has 0 unspecified atom stereocenters. The van der Waals surface area contributed by atoms with Crippen LogP contribution in [0.2, 0.25) is 0 Å². The van der Waals surface area contributed by atoms with Crippen LogP contribution < -0.4 is 15.8 Å². The Morgan fingerprint density at radius 2 is 1.09 bits per heavy atom. The van der Waals surface area contributed by atoms with E-state index in [1.54, 1.807) is 99.6 Å². The number of aliphatic carboxylic acids is 2. The number of ether oxygens (including phenoxy) is 5. The number of carboxylic acids is 2. The number of nitrogens with zero attached hydrogens (tertiary/aromatic N) is 11. The standard InChI is InChI=1S/C16H19N5O4.C15H19N3O4.C14H10N4O5.C6H13NO2/c1-12(15(22)24-10-8-17)3-2-9-19-16(23)25-11-13-4-6-14(7-5-13)20-21-18;1-11(15(20)21)4-2-3-5-14(19)22-10-12-6-8-13(9-7-12)17-18-16;15-17-16-11-3-1-10(2-4-11)9-22-14(19)23-13-7-5-12(6-8-13)18(20)21;1-5(6(8)9)3-2-4-7/h4-7,12H,2-3,9-11H2,1H3,(H,19,23);6-9,11H,2-5,10H2,1H3,(H,20,21);1-8H,9H2;5H,2-4,7H2,1H3,(H,8,9)/t12-;11-;;5-/m00.0/s1. The zero-order chi connectivity index (χ0) is 58.8. The van der Waals surface area contributed by atoms with Crippen molar-refractivity contribution < 1.29 is 67.6 Å². The van der Waals surface area contributed by atoms with Crippen molar-refractivity contribution in [2.75, 3.05) is 19.7 Å². The molecule has 0 heterocycles. The summed E-state index contributed by atoms with van der Waals surface area (Å²) in [5, 5.41) is 48.9. The third-order valence-corrected chi connectivity index (χ3v) is 10.4. The second kappa shape index (κ2) is 40.4. The molecule has 0 spiro atoms. The summed E-state index contributed by atoms with van der Waals surface area (Å²) < 4.78 is 24.7. The monoisotopic (exact) mass is 1100 g/mol. The molecular weight excluding hydrogens is 1030 g/mol. The number of nitrogens with two attached hydrogens (primary N) is 1. The van der Waals surface area contributed by atoms with Crippen LogP contribution in [0, 0.1) is 39.2 Å². The number of unbranched alkanes of at least 4 members (excludes halogenated alkanes) is 1. The maximum Gasteiger partial charge on any atom is 0.514 e. The van der Waals surface area contributed by atoms with Crippen molar-refractivity contribution in [3.63, 3.8) is 0 Å². The largest absolute Gasteiger partial charge is 0.514 e. The molecule has 3 atom stereocenters. The molecule has 0 aliphatic rings. The lowest BCUT2D eigenvalue weighted by atomic mass is 10.0. The molecule has 0 bridgehead atoms. The number of hydrogen-bond acceptors (Lipinski definition) is 18.